The molecule has 2 aliphatic heterocycles. The first-order chi connectivity index (χ1) is 12.1. The Hall–Kier alpha value is -1.58. The van der Waals surface area contributed by atoms with Gasteiger partial charge in [0.05, 0.1) is 37.5 Å². The van der Waals surface area contributed by atoms with Crippen molar-refractivity contribution in [1.29, 1.82) is 0 Å². The predicted octanol–water partition coefficient (Wildman–Crippen LogP) is -1.09. The van der Waals surface area contributed by atoms with E-state index in [1.54, 1.807) is 11.1 Å². The molecule has 3 rings (SSSR count). The SMILES string of the molecule is O=C(C[C@@H]1O[C@H](CNCc2ccccn2)[C@@H](O)[C@H]1O)N1CCOCC1. The fourth-order valence-corrected chi connectivity index (χ4v) is 3.12. The monoisotopic (exact) mass is 351 g/mol. The van der Waals surface area contributed by atoms with E-state index in [0.29, 0.717) is 39.4 Å². The number of morpholine rings is 1. The van der Waals surface area contributed by atoms with Crippen molar-refractivity contribution in [3.63, 3.8) is 0 Å². The van der Waals surface area contributed by atoms with Crippen LogP contribution in [-0.4, -0.2) is 83.3 Å². The van der Waals surface area contributed by atoms with Crippen LogP contribution in [-0.2, 0) is 20.8 Å². The molecule has 0 aliphatic carbocycles. The summed E-state index contributed by atoms with van der Waals surface area (Å²) in [5.74, 6) is -0.0818. The van der Waals surface area contributed by atoms with Crippen LogP contribution in [0.5, 0.6) is 0 Å². The molecular formula is C17H25N3O5. The second-order valence-electron chi connectivity index (χ2n) is 6.34. The van der Waals surface area contributed by atoms with Crippen molar-refractivity contribution in [2.45, 2.75) is 37.4 Å². The van der Waals surface area contributed by atoms with Gasteiger partial charge in [0.15, 0.2) is 0 Å². The van der Waals surface area contributed by atoms with E-state index >= 15 is 0 Å². The Balaban J connectivity index is 1.46. The van der Waals surface area contributed by atoms with E-state index in [0.717, 1.165) is 5.69 Å². The molecule has 1 amide bonds. The van der Waals surface area contributed by atoms with Gasteiger partial charge in [-0.15, -0.1) is 0 Å². The minimum atomic E-state index is -1.06. The fourth-order valence-electron chi connectivity index (χ4n) is 3.12. The third-order valence-electron chi connectivity index (χ3n) is 4.58. The minimum Gasteiger partial charge on any atom is -0.388 e. The normalized spacial score (nSPS) is 29.8. The molecule has 138 valence electrons. The van der Waals surface area contributed by atoms with Crippen LogP contribution in [0.2, 0.25) is 0 Å². The molecule has 0 spiro atoms. The van der Waals surface area contributed by atoms with Crippen LogP contribution in [0.4, 0.5) is 0 Å². The van der Waals surface area contributed by atoms with E-state index in [4.69, 9.17) is 9.47 Å². The highest BCUT2D eigenvalue weighted by molar-refractivity contribution is 5.77. The van der Waals surface area contributed by atoms with E-state index in [2.05, 4.69) is 10.3 Å². The summed E-state index contributed by atoms with van der Waals surface area (Å²) >= 11 is 0. The Labute approximate surface area is 146 Å². The molecule has 3 N–H and O–H groups in total. The second-order valence-corrected chi connectivity index (χ2v) is 6.34. The predicted molar refractivity (Wildman–Crippen MR) is 88.6 cm³/mol. The van der Waals surface area contributed by atoms with E-state index in [1.165, 1.54) is 0 Å². The van der Waals surface area contributed by atoms with Crippen LogP contribution in [0.15, 0.2) is 24.4 Å². The quantitative estimate of drug-likeness (QED) is 0.598. The van der Waals surface area contributed by atoms with Crippen molar-refractivity contribution in [3.8, 4) is 0 Å². The van der Waals surface area contributed by atoms with E-state index < -0.39 is 24.4 Å². The Morgan fingerprint density at radius 1 is 1.24 bits per heavy atom. The smallest absolute Gasteiger partial charge is 0.225 e. The summed E-state index contributed by atoms with van der Waals surface area (Å²) in [5.41, 5.74) is 0.884. The maximum Gasteiger partial charge on any atom is 0.225 e. The summed E-state index contributed by atoms with van der Waals surface area (Å²) in [4.78, 5) is 18.2. The lowest BCUT2D eigenvalue weighted by atomic mass is 10.0. The van der Waals surface area contributed by atoms with Crippen LogP contribution in [0.1, 0.15) is 12.1 Å². The number of carbonyl (C=O) groups is 1. The number of amides is 1. The van der Waals surface area contributed by atoms with Crippen molar-refractivity contribution in [2.24, 2.45) is 0 Å². The maximum atomic E-state index is 12.3. The van der Waals surface area contributed by atoms with Crippen molar-refractivity contribution in [3.05, 3.63) is 30.1 Å². The molecule has 25 heavy (non-hydrogen) atoms. The zero-order chi connectivity index (χ0) is 17.6. The molecule has 2 saturated heterocycles. The Morgan fingerprint density at radius 2 is 2.00 bits per heavy atom. The van der Waals surface area contributed by atoms with Gasteiger partial charge in [-0.05, 0) is 12.1 Å². The average Bonchev–Trinajstić information content (AvgIpc) is 2.91. The van der Waals surface area contributed by atoms with Crippen LogP contribution in [0.3, 0.4) is 0 Å². The van der Waals surface area contributed by atoms with Gasteiger partial charge >= 0.3 is 0 Å². The van der Waals surface area contributed by atoms with E-state index in [1.807, 2.05) is 18.2 Å². The lowest BCUT2D eigenvalue weighted by molar-refractivity contribution is -0.139. The number of pyridine rings is 1. The molecule has 0 radical (unpaired) electrons. The van der Waals surface area contributed by atoms with Crippen molar-refractivity contribution in [2.75, 3.05) is 32.8 Å². The molecule has 8 heteroatoms. The minimum absolute atomic E-state index is 0.0645. The first-order valence-electron chi connectivity index (χ1n) is 8.63. The summed E-state index contributed by atoms with van der Waals surface area (Å²) in [6.45, 7) is 3.08. The van der Waals surface area contributed by atoms with Gasteiger partial charge in [-0.3, -0.25) is 9.78 Å². The highest BCUT2D eigenvalue weighted by atomic mass is 16.5. The zero-order valence-corrected chi connectivity index (χ0v) is 14.1. The van der Waals surface area contributed by atoms with Gasteiger partial charge in [0.25, 0.3) is 0 Å². The maximum absolute atomic E-state index is 12.3. The Kier molecular flexibility index (Phi) is 6.33. The number of hydrogen-bond acceptors (Lipinski definition) is 7. The number of carbonyl (C=O) groups excluding carboxylic acids is 1. The van der Waals surface area contributed by atoms with Gasteiger partial charge in [0.1, 0.15) is 12.2 Å². The molecule has 0 saturated carbocycles. The Morgan fingerprint density at radius 3 is 2.72 bits per heavy atom. The molecule has 4 atom stereocenters. The van der Waals surface area contributed by atoms with Crippen LogP contribution >= 0.6 is 0 Å². The summed E-state index contributed by atoms with van der Waals surface area (Å²) < 4.78 is 11.0. The summed E-state index contributed by atoms with van der Waals surface area (Å²) in [6, 6.07) is 5.65. The summed E-state index contributed by atoms with van der Waals surface area (Å²) in [7, 11) is 0. The second kappa shape index (κ2) is 8.68. The molecule has 1 aromatic heterocycles. The third-order valence-corrected chi connectivity index (χ3v) is 4.58. The highest BCUT2D eigenvalue weighted by Gasteiger charge is 2.43. The van der Waals surface area contributed by atoms with Crippen molar-refractivity contribution >= 4 is 5.91 Å². The molecule has 0 unspecified atom stereocenters. The molecule has 2 fully saturated rings. The van der Waals surface area contributed by atoms with E-state index in [9.17, 15) is 15.0 Å². The summed E-state index contributed by atoms with van der Waals surface area (Å²) in [6.07, 6.45) is -1.54. The van der Waals surface area contributed by atoms with Crippen LogP contribution in [0.25, 0.3) is 0 Å². The molecule has 1 aromatic rings. The Bertz CT molecular complexity index is 552. The van der Waals surface area contributed by atoms with Crippen LogP contribution in [0, 0.1) is 0 Å². The molecule has 0 aromatic carbocycles. The van der Waals surface area contributed by atoms with Gasteiger partial charge in [-0.2, -0.15) is 0 Å². The number of aliphatic hydroxyl groups excluding tert-OH is 2. The van der Waals surface area contributed by atoms with Gasteiger partial charge in [0.2, 0.25) is 5.91 Å². The molecule has 3 heterocycles. The van der Waals surface area contributed by atoms with Crippen LogP contribution < -0.4 is 5.32 Å². The molecule has 8 nitrogen and oxygen atoms in total. The molecule has 2 aliphatic rings. The number of hydrogen-bond donors (Lipinski definition) is 3. The summed E-state index contributed by atoms with van der Waals surface area (Å²) in [5, 5.41) is 23.5. The number of rotatable bonds is 6. The molecular weight excluding hydrogens is 326 g/mol. The van der Waals surface area contributed by atoms with Crippen molar-refractivity contribution in [1.82, 2.24) is 15.2 Å². The third kappa shape index (κ3) is 4.74. The van der Waals surface area contributed by atoms with E-state index in [-0.39, 0.29) is 12.3 Å². The van der Waals surface area contributed by atoms with Gasteiger partial charge < -0.3 is 29.9 Å². The highest BCUT2D eigenvalue weighted by Crippen LogP contribution is 2.24. The number of nitrogens with zero attached hydrogens (tertiary/aromatic N) is 2. The van der Waals surface area contributed by atoms with Gasteiger partial charge in [0, 0.05) is 32.4 Å². The first kappa shape index (κ1) is 18.2. The fraction of sp³-hybridized carbons (Fsp3) is 0.647. The van der Waals surface area contributed by atoms with Crippen molar-refractivity contribution < 1.29 is 24.5 Å². The van der Waals surface area contributed by atoms with Gasteiger partial charge in [-0.1, -0.05) is 6.07 Å². The number of aliphatic hydroxyl groups is 2. The standard InChI is InChI=1S/C17H25N3O5/c21-15(20-5-7-24-8-6-20)9-13-16(22)17(23)14(25-13)11-18-10-12-3-1-2-4-19-12/h1-4,13-14,16-18,22-23H,5-11H2/t13-,14+,16-,17+/m0/s1. The lowest BCUT2D eigenvalue weighted by Crippen LogP contribution is -2.43. The largest absolute Gasteiger partial charge is 0.388 e. The topological polar surface area (TPSA) is 104 Å². The number of nitrogens with one attached hydrogen (secondary N) is 1. The average molecular weight is 351 g/mol. The number of aromatic nitrogens is 1. The number of ether oxygens (including phenoxy) is 2. The first-order valence-corrected chi connectivity index (χ1v) is 8.63. The van der Waals surface area contributed by atoms with Gasteiger partial charge in [-0.25, -0.2) is 0 Å². The molecule has 0 bridgehead atoms. The lowest BCUT2D eigenvalue weighted by Gasteiger charge is -2.28. The zero-order valence-electron chi connectivity index (χ0n) is 14.1.